The molecule has 0 aliphatic carbocycles. The summed E-state index contributed by atoms with van der Waals surface area (Å²) in [4.78, 5) is 24.0. The predicted octanol–water partition coefficient (Wildman–Crippen LogP) is 1.15. The summed E-state index contributed by atoms with van der Waals surface area (Å²) >= 11 is 1.71. The summed E-state index contributed by atoms with van der Waals surface area (Å²) in [5.74, 6) is 0.149. The molecule has 2 atom stereocenters. The van der Waals surface area contributed by atoms with Crippen molar-refractivity contribution in [3.63, 3.8) is 0 Å². The Morgan fingerprint density at radius 1 is 1.56 bits per heavy atom. The Morgan fingerprint density at radius 3 is 2.94 bits per heavy atom. The highest BCUT2D eigenvalue weighted by Gasteiger charge is 2.48. The van der Waals surface area contributed by atoms with Crippen molar-refractivity contribution < 1.29 is 14.7 Å². The van der Waals surface area contributed by atoms with E-state index in [1.54, 1.807) is 16.7 Å². The molecule has 2 rings (SSSR count). The van der Waals surface area contributed by atoms with Crippen LogP contribution < -0.4 is 5.73 Å². The summed E-state index contributed by atoms with van der Waals surface area (Å²) in [5, 5.41) is 8.68. The number of carbonyl (C=O) groups is 2. The van der Waals surface area contributed by atoms with Crippen LogP contribution in [0.2, 0.25) is 0 Å². The number of carboxylic acid groups (broad SMARTS) is 1. The molecule has 0 aromatic carbocycles. The monoisotopic (exact) mass is 270 g/mol. The van der Waals surface area contributed by atoms with E-state index in [1.165, 1.54) is 5.57 Å². The minimum Gasteiger partial charge on any atom is -0.481 e. The normalized spacial score (nSPS) is 27.0. The maximum atomic E-state index is 11.8. The number of hydrogen-bond donors (Lipinski definition) is 2. The van der Waals surface area contributed by atoms with Gasteiger partial charge in [-0.2, -0.15) is 0 Å². The number of nitrogens with zero attached hydrogens (tertiary/aromatic N) is 1. The Bertz CT molecular complexity index is 408. The zero-order valence-electron chi connectivity index (χ0n) is 10.4. The zero-order chi connectivity index (χ0) is 13.3. The number of thioether (sulfide) groups is 1. The first-order valence-corrected chi connectivity index (χ1v) is 7.18. The van der Waals surface area contributed by atoms with E-state index in [0.29, 0.717) is 6.42 Å². The standard InChI is InChI=1S/C12H18N2O3S/c1-7-6-18-12-10(13)11(17)14(12)8(7)4-2-3-5-9(15)16/h10,12H,2-6,13H2,1H3,(H,15,16). The van der Waals surface area contributed by atoms with Crippen LogP contribution in [0.1, 0.15) is 32.6 Å². The number of β-lactam (4-membered cyclic amide) rings is 1. The molecule has 3 N–H and O–H groups in total. The Kier molecular flexibility index (Phi) is 3.97. The maximum Gasteiger partial charge on any atom is 0.303 e. The molecule has 2 heterocycles. The van der Waals surface area contributed by atoms with E-state index in [-0.39, 0.29) is 23.7 Å². The average molecular weight is 270 g/mol. The van der Waals surface area contributed by atoms with Crippen molar-refractivity contribution in [2.45, 2.75) is 44.0 Å². The van der Waals surface area contributed by atoms with Crippen molar-refractivity contribution in [1.82, 2.24) is 4.90 Å². The molecular weight excluding hydrogens is 252 g/mol. The molecule has 6 heteroatoms. The lowest BCUT2D eigenvalue weighted by Gasteiger charge is -2.49. The molecule has 0 radical (unpaired) electrons. The number of hydrogen-bond acceptors (Lipinski definition) is 4. The SMILES string of the molecule is CC1=C(CCCCC(=O)O)N2C(=O)C(N)C2SC1. The topological polar surface area (TPSA) is 83.6 Å². The van der Waals surface area contributed by atoms with E-state index < -0.39 is 5.97 Å². The largest absolute Gasteiger partial charge is 0.481 e. The number of amides is 1. The molecule has 2 aliphatic heterocycles. The summed E-state index contributed by atoms with van der Waals surface area (Å²) in [6.45, 7) is 2.03. The number of nitrogens with two attached hydrogens (primary N) is 1. The van der Waals surface area contributed by atoms with E-state index >= 15 is 0 Å². The second kappa shape index (κ2) is 5.32. The van der Waals surface area contributed by atoms with Crippen molar-refractivity contribution in [2.75, 3.05) is 5.75 Å². The molecule has 5 nitrogen and oxygen atoms in total. The predicted molar refractivity (Wildman–Crippen MR) is 69.9 cm³/mol. The molecule has 0 saturated carbocycles. The fourth-order valence-electron chi connectivity index (χ4n) is 2.35. The smallest absolute Gasteiger partial charge is 0.303 e. The number of fused-ring (bicyclic) bond motifs is 1. The summed E-state index contributed by atoms with van der Waals surface area (Å²) in [6, 6.07) is -0.364. The van der Waals surface area contributed by atoms with Crippen LogP contribution in [0, 0.1) is 0 Å². The van der Waals surface area contributed by atoms with Crippen LogP contribution in [-0.4, -0.2) is 39.1 Å². The molecule has 0 spiro atoms. The first-order valence-electron chi connectivity index (χ1n) is 6.13. The average Bonchev–Trinajstić information content (AvgIpc) is 2.34. The van der Waals surface area contributed by atoms with Crippen LogP contribution in [0.3, 0.4) is 0 Å². The molecule has 100 valence electrons. The molecule has 1 saturated heterocycles. The second-order valence-electron chi connectivity index (χ2n) is 4.76. The number of carboxylic acids is 1. The van der Waals surface area contributed by atoms with Crippen LogP contribution in [0.15, 0.2) is 11.3 Å². The molecule has 1 fully saturated rings. The van der Waals surface area contributed by atoms with Crippen LogP contribution in [0.25, 0.3) is 0 Å². The molecule has 0 aromatic rings. The Balaban J connectivity index is 1.93. The van der Waals surface area contributed by atoms with Gasteiger partial charge in [-0.15, -0.1) is 11.8 Å². The van der Waals surface area contributed by atoms with Gasteiger partial charge in [-0.3, -0.25) is 9.59 Å². The quantitative estimate of drug-likeness (QED) is 0.578. The van der Waals surface area contributed by atoms with E-state index in [4.69, 9.17) is 10.8 Å². The lowest BCUT2D eigenvalue weighted by atomic mass is 10.0. The van der Waals surface area contributed by atoms with Crippen molar-refractivity contribution in [3.8, 4) is 0 Å². The van der Waals surface area contributed by atoms with Crippen molar-refractivity contribution in [2.24, 2.45) is 5.73 Å². The van der Waals surface area contributed by atoms with Crippen molar-refractivity contribution in [1.29, 1.82) is 0 Å². The van der Waals surface area contributed by atoms with E-state index in [0.717, 1.165) is 24.3 Å². The van der Waals surface area contributed by atoms with Crippen LogP contribution in [0.4, 0.5) is 0 Å². The highest BCUT2D eigenvalue weighted by atomic mass is 32.2. The van der Waals surface area contributed by atoms with E-state index in [1.807, 2.05) is 6.92 Å². The van der Waals surface area contributed by atoms with Gasteiger partial charge in [0.15, 0.2) is 0 Å². The fraction of sp³-hybridized carbons (Fsp3) is 0.667. The molecule has 1 amide bonds. The van der Waals surface area contributed by atoms with Crippen LogP contribution in [0.5, 0.6) is 0 Å². The van der Waals surface area contributed by atoms with Gasteiger partial charge >= 0.3 is 5.97 Å². The van der Waals surface area contributed by atoms with E-state index in [2.05, 4.69) is 0 Å². The van der Waals surface area contributed by atoms with Gasteiger partial charge in [-0.25, -0.2) is 0 Å². The van der Waals surface area contributed by atoms with E-state index in [9.17, 15) is 9.59 Å². The third-order valence-corrected chi connectivity index (χ3v) is 4.84. The highest BCUT2D eigenvalue weighted by Crippen LogP contribution is 2.40. The molecule has 2 aliphatic rings. The van der Waals surface area contributed by atoms with Gasteiger partial charge in [-0.1, -0.05) is 0 Å². The molecule has 0 bridgehead atoms. The van der Waals surface area contributed by atoms with Gasteiger partial charge in [0.2, 0.25) is 5.91 Å². The summed E-state index contributed by atoms with van der Waals surface area (Å²) in [6.07, 6.45) is 2.42. The molecule has 18 heavy (non-hydrogen) atoms. The summed E-state index contributed by atoms with van der Waals surface area (Å²) in [5.41, 5.74) is 8.05. The molecule has 0 aromatic heterocycles. The van der Waals surface area contributed by atoms with Gasteiger partial charge in [0.25, 0.3) is 0 Å². The molecule has 2 unspecified atom stereocenters. The lowest BCUT2D eigenvalue weighted by Crippen LogP contribution is -2.67. The number of aliphatic carboxylic acids is 1. The Morgan fingerprint density at radius 2 is 2.28 bits per heavy atom. The first-order chi connectivity index (χ1) is 8.52. The van der Waals surface area contributed by atoms with Crippen molar-refractivity contribution >= 4 is 23.6 Å². The van der Waals surface area contributed by atoms with Gasteiger partial charge in [0.05, 0.1) is 0 Å². The fourth-order valence-corrected chi connectivity index (χ4v) is 3.64. The van der Waals surface area contributed by atoms with Gasteiger partial charge in [-0.05, 0) is 31.8 Å². The number of carbonyl (C=O) groups excluding carboxylic acids is 1. The Hall–Kier alpha value is -1.01. The summed E-state index contributed by atoms with van der Waals surface area (Å²) < 4.78 is 0. The highest BCUT2D eigenvalue weighted by molar-refractivity contribution is 8.00. The Labute approximate surface area is 110 Å². The lowest BCUT2D eigenvalue weighted by molar-refractivity contribution is -0.141. The number of unbranched alkanes of at least 4 members (excludes halogenated alkanes) is 1. The van der Waals surface area contributed by atoms with Crippen molar-refractivity contribution in [3.05, 3.63) is 11.3 Å². The maximum absolute atomic E-state index is 11.8. The third-order valence-electron chi connectivity index (χ3n) is 3.39. The van der Waals surface area contributed by atoms with Crippen LogP contribution >= 0.6 is 11.8 Å². The zero-order valence-corrected chi connectivity index (χ0v) is 11.2. The third kappa shape index (κ3) is 2.40. The van der Waals surface area contributed by atoms with Gasteiger partial charge in [0, 0.05) is 17.9 Å². The number of rotatable bonds is 5. The second-order valence-corrected chi connectivity index (χ2v) is 5.87. The minimum absolute atomic E-state index is 0.000199. The molecular formula is C12H18N2O3S. The van der Waals surface area contributed by atoms with Crippen LogP contribution in [-0.2, 0) is 9.59 Å². The summed E-state index contributed by atoms with van der Waals surface area (Å²) in [7, 11) is 0. The van der Waals surface area contributed by atoms with Gasteiger partial charge < -0.3 is 15.7 Å². The minimum atomic E-state index is -0.764. The van der Waals surface area contributed by atoms with Gasteiger partial charge in [0.1, 0.15) is 11.4 Å². The number of allylic oxidation sites excluding steroid dienone is 1. The first kappa shape index (κ1) is 13.4.